The largest absolute Gasteiger partial charge is 0.495 e. The van der Waals surface area contributed by atoms with Gasteiger partial charge in [-0.2, -0.15) is 0 Å². The fourth-order valence-corrected chi connectivity index (χ4v) is 4.09. The summed E-state index contributed by atoms with van der Waals surface area (Å²) in [5, 5.41) is 5.46. The minimum atomic E-state index is -0.364. The first kappa shape index (κ1) is 20.5. The first-order valence-electron chi connectivity index (χ1n) is 10.3. The molecule has 1 aliphatic carbocycles. The van der Waals surface area contributed by atoms with E-state index in [1.54, 1.807) is 7.11 Å². The molecule has 3 amide bonds. The van der Waals surface area contributed by atoms with Crippen LogP contribution in [0.3, 0.4) is 0 Å². The predicted molar refractivity (Wildman–Crippen MR) is 110 cm³/mol. The van der Waals surface area contributed by atoms with Crippen molar-refractivity contribution in [3.63, 3.8) is 0 Å². The minimum absolute atomic E-state index is 0.196. The number of hydrogen-bond acceptors (Lipinski definition) is 5. The van der Waals surface area contributed by atoms with Crippen molar-refractivity contribution < 1.29 is 14.3 Å². The molecule has 0 spiro atoms. The topological polar surface area (TPSA) is 73.9 Å². The highest BCUT2D eigenvalue weighted by molar-refractivity contribution is 5.96. The number of ether oxygens (including phenoxy) is 1. The Morgan fingerprint density at radius 1 is 1.07 bits per heavy atom. The Morgan fingerprint density at radius 3 is 2.43 bits per heavy atom. The van der Waals surface area contributed by atoms with Crippen molar-refractivity contribution in [2.75, 3.05) is 38.2 Å². The normalized spacial score (nSPS) is 19.7. The van der Waals surface area contributed by atoms with Crippen molar-refractivity contribution in [1.82, 2.24) is 15.5 Å². The Labute approximate surface area is 167 Å². The predicted octanol–water partition coefficient (Wildman–Crippen LogP) is 2.36. The SMILES string of the molecule is COc1ccccc1N1CCN(C(C)C(=O)NC(=O)NC2CCCCC2)CC1. The van der Waals surface area contributed by atoms with Gasteiger partial charge in [-0.3, -0.25) is 15.0 Å². The quantitative estimate of drug-likeness (QED) is 0.810. The smallest absolute Gasteiger partial charge is 0.321 e. The van der Waals surface area contributed by atoms with Gasteiger partial charge in [0.2, 0.25) is 5.91 Å². The summed E-state index contributed by atoms with van der Waals surface area (Å²) >= 11 is 0. The summed E-state index contributed by atoms with van der Waals surface area (Å²) in [4.78, 5) is 29.0. The highest BCUT2D eigenvalue weighted by atomic mass is 16.5. The Balaban J connectivity index is 1.46. The lowest BCUT2D eigenvalue weighted by atomic mass is 9.96. The monoisotopic (exact) mass is 388 g/mol. The third-order valence-electron chi connectivity index (χ3n) is 5.84. The molecule has 1 saturated heterocycles. The molecule has 1 aliphatic heterocycles. The van der Waals surface area contributed by atoms with Gasteiger partial charge in [-0.25, -0.2) is 4.79 Å². The zero-order valence-corrected chi connectivity index (χ0v) is 16.9. The molecule has 1 aromatic carbocycles. The summed E-state index contributed by atoms with van der Waals surface area (Å²) in [7, 11) is 1.68. The number of methoxy groups -OCH3 is 1. The molecule has 28 heavy (non-hydrogen) atoms. The Bertz CT molecular complexity index is 667. The van der Waals surface area contributed by atoms with Crippen LogP contribution in [0.25, 0.3) is 0 Å². The van der Waals surface area contributed by atoms with Gasteiger partial charge in [-0.05, 0) is 31.9 Å². The van der Waals surface area contributed by atoms with Gasteiger partial charge in [0.05, 0.1) is 18.8 Å². The molecule has 2 fully saturated rings. The molecule has 1 atom stereocenters. The minimum Gasteiger partial charge on any atom is -0.495 e. The van der Waals surface area contributed by atoms with Crippen molar-refractivity contribution in [2.24, 2.45) is 0 Å². The Morgan fingerprint density at radius 2 is 1.75 bits per heavy atom. The molecule has 3 rings (SSSR count). The molecule has 0 radical (unpaired) electrons. The molecule has 1 heterocycles. The van der Waals surface area contributed by atoms with E-state index >= 15 is 0 Å². The number of carbonyl (C=O) groups is 2. The van der Waals surface area contributed by atoms with E-state index in [0.717, 1.165) is 63.3 Å². The lowest BCUT2D eigenvalue weighted by Crippen LogP contribution is -2.56. The third kappa shape index (κ3) is 5.16. The number of piperazine rings is 1. The lowest BCUT2D eigenvalue weighted by Gasteiger charge is -2.38. The van der Waals surface area contributed by atoms with Gasteiger partial charge in [-0.15, -0.1) is 0 Å². The summed E-state index contributed by atoms with van der Waals surface area (Å²) in [5.74, 6) is 0.625. The van der Waals surface area contributed by atoms with E-state index in [4.69, 9.17) is 4.74 Å². The zero-order valence-electron chi connectivity index (χ0n) is 16.9. The van der Waals surface area contributed by atoms with Gasteiger partial charge in [-0.1, -0.05) is 31.4 Å². The first-order chi connectivity index (χ1) is 13.6. The van der Waals surface area contributed by atoms with Crippen LogP contribution in [0.5, 0.6) is 5.75 Å². The van der Waals surface area contributed by atoms with E-state index in [2.05, 4.69) is 26.5 Å². The fraction of sp³-hybridized carbons (Fsp3) is 0.619. The molecule has 1 aromatic rings. The van der Waals surface area contributed by atoms with Crippen molar-refractivity contribution in [3.05, 3.63) is 24.3 Å². The van der Waals surface area contributed by atoms with Crippen LogP contribution in [0.4, 0.5) is 10.5 Å². The maximum atomic E-state index is 12.5. The maximum absolute atomic E-state index is 12.5. The first-order valence-corrected chi connectivity index (χ1v) is 10.3. The number of benzene rings is 1. The summed E-state index contributed by atoms with van der Waals surface area (Å²) in [6.07, 6.45) is 5.53. The lowest BCUT2D eigenvalue weighted by molar-refractivity contribution is -0.124. The average Bonchev–Trinajstić information content (AvgIpc) is 2.74. The van der Waals surface area contributed by atoms with Gasteiger partial charge >= 0.3 is 6.03 Å². The maximum Gasteiger partial charge on any atom is 0.321 e. The number of imide groups is 1. The second-order valence-corrected chi connectivity index (χ2v) is 7.67. The number of anilines is 1. The highest BCUT2D eigenvalue weighted by Crippen LogP contribution is 2.28. The molecule has 7 nitrogen and oxygen atoms in total. The number of hydrogen-bond donors (Lipinski definition) is 2. The van der Waals surface area contributed by atoms with Crippen LogP contribution in [-0.4, -0.2) is 62.2 Å². The fourth-order valence-electron chi connectivity index (χ4n) is 4.09. The van der Waals surface area contributed by atoms with Crippen LogP contribution in [0.2, 0.25) is 0 Å². The summed E-state index contributed by atoms with van der Waals surface area (Å²) < 4.78 is 5.45. The zero-order chi connectivity index (χ0) is 19.9. The van der Waals surface area contributed by atoms with E-state index in [1.165, 1.54) is 6.42 Å². The molecule has 2 aliphatic rings. The summed E-state index contributed by atoms with van der Waals surface area (Å²) in [6, 6.07) is 7.48. The Kier molecular flexibility index (Phi) is 7.14. The molecular weight excluding hydrogens is 356 g/mol. The average molecular weight is 389 g/mol. The number of nitrogens with one attached hydrogen (secondary N) is 2. The van der Waals surface area contributed by atoms with Crippen molar-refractivity contribution >= 4 is 17.6 Å². The molecular formula is C21H32N4O3. The van der Waals surface area contributed by atoms with Crippen molar-refractivity contribution in [1.29, 1.82) is 0 Å². The number of para-hydroxylation sites is 2. The van der Waals surface area contributed by atoms with Crippen LogP contribution in [-0.2, 0) is 4.79 Å². The Hall–Kier alpha value is -2.28. The molecule has 2 N–H and O–H groups in total. The van der Waals surface area contributed by atoms with E-state index in [0.29, 0.717) is 0 Å². The third-order valence-corrected chi connectivity index (χ3v) is 5.84. The number of rotatable bonds is 5. The summed E-state index contributed by atoms with van der Waals surface area (Å²) in [5.41, 5.74) is 1.08. The van der Waals surface area contributed by atoms with Gasteiger partial charge < -0.3 is 15.0 Å². The van der Waals surface area contributed by atoms with Crippen LogP contribution in [0, 0.1) is 0 Å². The number of carbonyl (C=O) groups excluding carboxylic acids is 2. The van der Waals surface area contributed by atoms with E-state index in [-0.39, 0.29) is 24.0 Å². The molecule has 7 heteroatoms. The van der Waals surface area contributed by atoms with Crippen LogP contribution in [0.15, 0.2) is 24.3 Å². The van der Waals surface area contributed by atoms with Gasteiger partial charge in [0.15, 0.2) is 0 Å². The van der Waals surface area contributed by atoms with Crippen LogP contribution >= 0.6 is 0 Å². The second kappa shape index (κ2) is 9.78. The van der Waals surface area contributed by atoms with E-state index < -0.39 is 0 Å². The van der Waals surface area contributed by atoms with Gasteiger partial charge in [0, 0.05) is 32.2 Å². The van der Waals surface area contributed by atoms with Crippen LogP contribution < -0.4 is 20.3 Å². The molecule has 0 aromatic heterocycles. The summed E-state index contributed by atoms with van der Waals surface area (Å²) in [6.45, 7) is 5.01. The molecule has 1 unspecified atom stereocenters. The van der Waals surface area contributed by atoms with E-state index in [9.17, 15) is 9.59 Å². The molecule has 0 bridgehead atoms. The van der Waals surface area contributed by atoms with Crippen LogP contribution in [0.1, 0.15) is 39.0 Å². The van der Waals surface area contributed by atoms with Gasteiger partial charge in [0.1, 0.15) is 5.75 Å². The van der Waals surface area contributed by atoms with Crippen molar-refractivity contribution in [3.8, 4) is 5.75 Å². The number of nitrogens with zero attached hydrogens (tertiary/aromatic N) is 2. The van der Waals surface area contributed by atoms with Gasteiger partial charge in [0.25, 0.3) is 0 Å². The highest BCUT2D eigenvalue weighted by Gasteiger charge is 2.28. The van der Waals surface area contributed by atoms with Crippen molar-refractivity contribution in [2.45, 2.75) is 51.1 Å². The number of urea groups is 1. The second-order valence-electron chi connectivity index (χ2n) is 7.67. The molecule has 1 saturated carbocycles. The number of amides is 3. The molecule has 154 valence electrons. The van der Waals surface area contributed by atoms with E-state index in [1.807, 2.05) is 25.1 Å². The standard InChI is InChI=1S/C21H32N4O3/c1-16(20(26)23-21(27)22-17-8-4-3-5-9-17)24-12-14-25(15-13-24)18-10-6-7-11-19(18)28-2/h6-7,10-11,16-17H,3-5,8-9,12-15H2,1-2H3,(H2,22,23,26,27).